The summed E-state index contributed by atoms with van der Waals surface area (Å²) in [7, 11) is 0. The Morgan fingerprint density at radius 2 is 2.25 bits per heavy atom. The van der Waals surface area contributed by atoms with Crippen LogP contribution in [0.25, 0.3) is 0 Å². The number of anilines is 2. The topological polar surface area (TPSA) is 54.0 Å². The van der Waals surface area contributed by atoms with Gasteiger partial charge < -0.3 is 10.6 Å². The molecule has 0 bridgehead atoms. The van der Waals surface area contributed by atoms with Crippen LogP contribution in [0.1, 0.15) is 15.6 Å². The number of hydrogen-bond acceptors (Lipinski definition) is 5. The van der Waals surface area contributed by atoms with Gasteiger partial charge in [-0.3, -0.25) is 4.79 Å². The van der Waals surface area contributed by atoms with E-state index in [1.165, 1.54) is 4.88 Å². The molecular formula is C14H15N3OS2. The Morgan fingerprint density at radius 1 is 1.40 bits per heavy atom. The predicted molar refractivity (Wildman–Crippen MR) is 84.7 cm³/mol. The molecule has 2 N–H and O–H groups in total. The van der Waals surface area contributed by atoms with Gasteiger partial charge in [0.1, 0.15) is 0 Å². The highest BCUT2D eigenvalue weighted by Gasteiger charge is 2.15. The highest BCUT2D eigenvalue weighted by atomic mass is 32.2. The lowest BCUT2D eigenvalue weighted by Gasteiger charge is -2.17. The van der Waals surface area contributed by atoms with E-state index in [2.05, 4.69) is 15.6 Å². The van der Waals surface area contributed by atoms with Gasteiger partial charge in [0.05, 0.1) is 28.7 Å². The van der Waals surface area contributed by atoms with E-state index >= 15 is 0 Å². The number of rotatable bonds is 3. The van der Waals surface area contributed by atoms with Crippen molar-refractivity contribution in [2.75, 3.05) is 16.4 Å². The largest absolute Gasteiger partial charge is 0.380 e. The van der Waals surface area contributed by atoms with Gasteiger partial charge in [0.2, 0.25) is 5.91 Å². The molecule has 0 spiro atoms. The number of nitrogens with zero attached hydrogens (tertiary/aromatic N) is 1. The van der Waals surface area contributed by atoms with E-state index in [-0.39, 0.29) is 5.91 Å². The molecule has 2 heterocycles. The zero-order valence-electron chi connectivity index (χ0n) is 11.3. The van der Waals surface area contributed by atoms with Crippen LogP contribution in [0, 0.1) is 13.8 Å². The Kier molecular flexibility index (Phi) is 3.67. The number of carbonyl (C=O) groups excluding carboxylic acids is 1. The molecule has 4 nitrogen and oxygen atoms in total. The molecule has 0 fully saturated rings. The number of thiazole rings is 1. The van der Waals surface area contributed by atoms with Gasteiger partial charge in [-0.25, -0.2) is 4.98 Å². The first-order chi connectivity index (χ1) is 9.61. The summed E-state index contributed by atoms with van der Waals surface area (Å²) in [6, 6.07) is 6.09. The van der Waals surface area contributed by atoms with Crippen LogP contribution in [0.3, 0.4) is 0 Å². The van der Waals surface area contributed by atoms with Gasteiger partial charge in [0, 0.05) is 15.5 Å². The lowest BCUT2D eigenvalue weighted by Crippen LogP contribution is -2.18. The number of amides is 1. The number of benzene rings is 1. The highest BCUT2D eigenvalue weighted by Crippen LogP contribution is 2.33. The quantitative estimate of drug-likeness (QED) is 0.912. The van der Waals surface area contributed by atoms with Crippen LogP contribution in [0.15, 0.2) is 23.1 Å². The van der Waals surface area contributed by atoms with Crippen molar-refractivity contribution in [2.24, 2.45) is 0 Å². The molecule has 3 rings (SSSR count). The SMILES string of the molecule is Cc1nc(C)c(CNc2ccc3c(c2)NC(=O)CS3)s1. The number of fused-ring (bicyclic) bond motifs is 1. The van der Waals surface area contributed by atoms with Crippen LogP contribution in [-0.4, -0.2) is 16.6 Å². The second kappa shape index (κ2) is 5.46. The second-order valence-electron chi connectivity index (χ2n) is 4.64. The fourth-order valence-electron chi connectivity index (χ4n) is 2.11. The summed E-state index contributed by atoms with van der Waals surface area (Å²) in [4.78, 5) is 18.2. The normalized spacial score (nSPS) is 13.8. The summed E-state index contributed by atoms with van der Waals surface area (Å²) >= 11 is 3.29. The first-order valence-corrected chi connectivity index (χ1v) is 8.15. The fraction of sp³-hybridized carbons (Fsp3) is 0.286. The summed E-state index contributed by atoms with van der Waals surface area (Å²) in [6.07, 6.45) is 0. The highest BCUT2D eigenvalue weighted by molar-refractivity contribution is 8.00. The van der Waals surface area contributed by atoms with Crippen LogP contribution in [0.5, 0.6) is 0 Å². The number of thioether (sulfide) groups is 1. The van der Waals surface area contributed by atoms with Crippen molar-refractivity contribution < 1.29 is 4.79 Å². The molecule has 104 valence electrons. The molecule has 1 aromatic heterocycles. The molecular weight excluding hydrogens is 290 g/mol. The van der Waals surface area contributed by atoms with Gasteiger partial charge in [-0.2, -0.15) is 0 Å². The minimum atomic E-state index is 0.0635. The van der Waals surface area contributed by atoms with Crippen LogP contribution in [-0.2, 0) is 11.3 Å². The van der Waals surface area contributed by atoms with E-state index in [1.54, 1.807) is 23.1 Å². The summed E-state index contributed by atoms with van der Waals surface area (Å²) < 4.78 is 0. The third kappa shape index (κ3) is 2.81. The Hall–Kier alpha value is -1.53. The van der Waals surface area contributed by atoms with Crippen LogP contribution in [0.4, 0.5) is 11.4 Å². The van der Waals surface area contributed by atoms with Crippen molar-refractivity contribution in [2.45, 2.75) is 25.3 Å². The molecule has 0 saturated heterocycles. The van der Waals surface area contributed by atoms with Crippen LogP contribution >= 0.6 is 23.1 Å². The van der Waals surface area contributed by atoms with Gasteiger partial charge in [-0.05, 0) is 32.0 Å². The Morgan fingerprint density at radius 3 is 3.00 bits per heavy atom. The third-order valence-electron chi connectivity index (χ3n) is 3.07. The number of carbonyl (C=O) groups is 1. The van der Waals surface area contributed by atoms with Gasteiger partial charge in [-0.1, -0.05) is 0 Å². The molecule has 1 amide bonds. The monoisotopic (exact) mass is 305 g/mol. The fourth-order valence-corrected chi connectivity index (χ4v) is 3.78. The third-order valence-corrected chi connectivity index (χ3v) is 5.21. The number of nitrogens with one attached hydrogen (secondary N) is 2. The van der Waals surface area contributed by atoms with E-state index in [1.807, 2.05) is 32.0 Å². The zero-order valence-corrected chi connectivity index (χ0v) is 13.0. The van der Waals surface area contributed by atoms with E-state index in [0.29, 0.717) is 5.75 Å². The van der Waals surface area contributed by atoms with Crippen molar-refractivity contribution in [1.29, 1.82) is 0 Å². The Bertz CT molecular complexity index is 666. The smallest absolute Gasteiger partial charge is 0.234 e. The van der Waals surface area contributed by atoms with Gasteiger partial charge in [0.25, 0.3) is 0 Å². The molecule has 0 saturated carbocycles. The predicted octanol–water partition coefficient (Wildman–Crippen LogP) is 3.42. The standard InChI is InChI=1S/C14H15N3OS2/c1-8-13(20-9(2)16-8)6-15-10-3-4-12-11(5-10)17-14(18)7-19-12/h3-5,15H,6-7H2,1-2H3,(H,17,18). The minimum Gasteiger partial charge on any atom is -0.380 e. The number of hydrogen-bond donors (Lipinski definition) is 2. The zero-order chi connectivity index (χ0) is 14.1. The molecule has 0 aliphatic carbocycles. The van der Waals surface area contributed by atoms with E-state index < -0.39 is 0 Å². The van der Waals surface area contributed by atoms with Crippen molar-refractivity contribution >= 4 is 40.4 Å². The summed E-state index contributed by atoms with van der Waals surface area (Å²) in [5, 5.41) is 7.39. The summed E-state index contributed by atoms with van der Waals surface area (Å²) in [5.74, 6) is 0.563. The van der Waals surface area contributed by atoms with E-state index in [9.17, 15) is 4.79 Å². The van der Waals surface area contributed by atoms with Gasteiger partial charge in [0.15, 0.2) is 0 Å². The maximum absolute atomic E-state index is 11.4. The molecule has 1 aromatic carbocycles. The van der Waals surface area contributed by atoms with Gasteiger partial charge in [-0.15, -0.1) is 23.1 Å². The molecule has 1 aliphatic rings. The van der Waals surface area contributed by atoms with E-state index in [0.717, 1.165) is 33.5 Å². The average Bonchev–Trinajstić information content (AvgIpc) is 2.74. The van der Waals surface area contributed by atoms with Crippen molar-refractivity contribution in [3.8, 4) is 0 Å². The molecule has 2 aromatic rings. The number of aryl methyl sites for hydroxylation is 2. The maximum atomic E-state index is 11.4. The first kappa shape index (κ1) is 13.5. The average molecular weight is 305 g/mol. The molecule has 1 aliphatic heterocycles. The molecule has 20 heavy (non-hydrogen) atoms. The lowest BCUT2D eigenvalue weighted by molar-refractivity contribution is -0.113. The second-order valence-corrected chi connectivity index (χ2v) is 6.95. The number of aromatic nitrogens is 1. The molecule has 0 radical (unpaired) electrons. The molecule has 6 heteroatoms. The van der Waals surface area contributed by atoms with Crippen molar-refractivity contribution in [3.63, 3.8) is 0 Å². The maximum Gasteiger partial charge on any atom is 0.234 e. The van der Waals surface area contributed by atoms with Gasteiger partial charge >= 0.3 is 0 Å². The van der Waals surface area contributed by atoms with E-state index in [4.69, 9.17) is 0 Å². The lowest BCUT2D eigenvalue weighted by atomic mass is 10.2. The Labute approximate surface area is 126 Å². The molecule has 0 unspecified atom stereocenters. The van der Waals surface area contributed by atoms with Crippen molar-refractivity contribution in [1.82, 2.24) is 4.98 Å². The van der Waals surface area contributed by atoms with Crippen molar-refractivity contribution in [3.05, 3.63) is 33.8 Å². The summed E-state index contributed by atoms with van der Waals surface area (Å²) in [6.45, 7) is 4.81. The minimum absolute atomic E-state index is 0.0635. The van der Waals surface area contributed by atoms with Crippen LogP contribution < -0.4 is 10.6 Å². The Balaban J connectivity index is 1.73. The van der Waals surface area contributed by atoms with Crippen LogP contribution in [0.2, 0.25) is 0 Å². The first-order valence-electron chi connectivity index (χ1n) is 6.35. The molecule has 0 atom stereocenters. The summed E-state index contributed by atoms with van der Waals surface area (Å²) in [5.41, 5.74) is 2.99.